The third-order valence-corrected chi connectivity index (χ3v) is 3.74. The summed E-state index contributed by atoms with van der Waals surface area (Å²) in [6.45, 7) is 5.99. The summed E-state index contributed by atoms with van der Waals surface area (Å²) in [5.74, 6) is -0.645. The van der Waals surface area contributed by atoms with E-state index in [-0.39, 0.29) is 6.10 Å². The molecule has 1 unspecified atom stereocenters. The summed E-state index contributed by atoms with van der Waals surface area (Å²) in [7, 11) is 0. The molecule has 102 valence electrons. The van der Waals surface area contributed by atoms with E-state index in [0.29, 0.717) is 12.3 Å². The average Bonchev–Trinajstić information content (AvgIpc) is 2.35. The normalized spacial score (nSPS) is 21.7. The van der Waals surface area contributed by atoms with Crippen LogP contribution in [0.5, 0.6) is 0 Å². The van der Waals surface area contributed by atoms with Crippen LogP contribution >= 0.6 is 0 Å². The van der Waals surface area contributed by atoms with Crippen LogP contribution in [0.4, 0.5) is 0 Å². The fourth-order valence-corrected chi connectivity index (χ4v) is 2.48. The van der Waals surface area contributed by atoms with Crippen molar-refractivity contribution >= 4 is 0 Å². The topological polar surface area (TPSA) is 38.7 Å². The minimum absolute atomic E-state index is 0.178. The molecule has 3 nitrogen and oxygen atoms in total. The summed E-state index contributed by atoms with van der Waals surface area (Å²) in [5, 5.41) is 10.1. The smallest absolute Gasteiger partial charge is 0.196 e. The predicted octanol–water partition coefficient (Wildman–Crippen LogP) is 3.80. The molecule has 3 heteroatoms. The van der Waals surface area contributed by atoms with Gasteiger partial charge in [-0.25, -0.2) is 9.78 Å². The zero-order valence-corrected chi connectivity index (χ0v) is 11.6. The van der Waals surface area contributed by atoms with Crippen molar-refractivity contribution in [1.29, 1.82) is 0 Å². The first-order chi connectivity index (χ1) is 8.07. The minimum Gasteiger partial charge on any atom is -0.363 e. The molecule has 1 aliphatic carbocycles. The Morgan fingerprint density at radius 2 is 1.76 bits per heavy atom. The molecular weight excluding hydrogens is 216 g/mol. The van der Waals surface area contributed by atoms with E-state index < -0.39 is 5.79 Å². The maximum Gasteiger partial charge on any atom is 0.196 e. The van der Waals surface area contributed by atoms with E-state index in [0.717, 1.165) is 25.7 Å². The molecule has 1 aliphatic rings. The molecule has 0 radical (unpaired) electrons. The second kappa shape index (κ2) is 7.34. The van der Waals surface area contributed by atoms with Crippen molar-refractivity contribution in [3.05, 3.63) is 0 Å². The van der Waals surface area contributed by atoms with E-state index in [1.54, 1.807) is 6.92 Å². The minimum atomic E-state index is -1.14. The van der Waals surface area contributed by atoms with Gasteiger partial charge in [0.1, 0.15) is 0 Å². The number of hydrogen-bond acceptors (Lipinski definition) is 3. The van der Waals surface area contributed by atoms with Crippen molar-refractivity contribution in [2.75, 3.05) is 0 Å². The van der Waals surface area contributed by atoms with E-state index in [4.69, 9.17) is 9.78 Å². The van der Waals surface area contributed by atoms with Gasteiger partial charge >= 0.3 is 0 Å². The molecule has 0 bridgehead atoms. The second-order valence-corrected chi connectivity index (χ2v) is 5.50. The maximum absolute atomic E-state index is 10.1. The predicted molar refractivity (Wildman–Crippen MR) is 68.4 cm³/mol. The van der Waals surface area contributed by atoms with E-state index in [1.807, 2.05) is 0 Å². The molecule has 0 aromatic rings. The van der Waals surface area contributed by atoms with E-state index in [9.17, 15) is 5.11 Å². The highest BCUT2D eigenvalue weighted by Gasteiger charge is 2.28. The molecule has 1 fully saturated rings. The van der Waals surface area contributed by atoms with Crippen LogP contribution in [0.3, 0.4) is 0 Å². The van der Waals surface area contributed by atoms with Crippen molar-refractivity contribution in [3.8, 4) is 0 Å². The second-order valence-electron chi connectivity index (χ2n) is 5.50. The molecule has 17 heavy (non-hydrogen) atoms. The maximum atomic E-state index is 10.1. The lowest BCUT2D eigenvalue weighted by Gasteiger charge is -2.29. The average molecular weight is 244 g/mol. The monoisotopic (exact) mass is 244 g/mol. The van der Waals surface area contributed by atoms with Gasteiger partial charge in [0.05, 0.1) is 6.10 Å². The number of hydrogen-bond donors (Lipinski definition) is 1. The first-order valence-corrected chi connectivity index (χ1v) is 7.14. The fraction of sp³-hybridized carbons (Fsp3) is 1.00. The Morgan fingerprint density at radius 1 is 1.18 bits per heavy atom. The van der Waals surface area contributed by atoms with Crippen LogP contribution < -0.4 is 0 Å². The molecule has 1 N–H and O–H groups in total. The molecule has 0 heterocycles. The Labute approximate surface area is 105 Å². The zero-order chi connectivity index (χ0) is 12.7. The van der Waals surface area contributed by atoms with Crippen molar-refractivity contribution in [2.45, 2.75) is 84.0 Å². The van der Waals surface area contributed by atoms with Crippen molar-refractivity contribution < 1.29 is 14.9 Å². The quantitative estimate of drug-likeness (QED) is 0.420. The van der Waals surface area contributed by atoms with Gasteiger partial charge in [-0.3, -0.25) is 0 Å². The highest BCUT2D eigenvalue weighted by molar-refractivity contribution is 4.67. The van der Waals surface area contributed by atoms with Crippen LogP contribution in [0.25, 0.3) is 0 Å². The highest BCUT2D eigenvalue weighted by atomic mass is 17.2. The Balaban J connectivity index is 2.27. The van der Waals surface area contributed by atoms with Crippen LogP contribution in [0, 0.1) is 5.92 Å². The van der Waals surface area contributed by atoms with E-state index in [2.05, 4.69) is 13.8 Å². The van der Waals surface area contributed by atoms with Crippen LogP contribution in [0.2, 0.25) is 0 Å². The molecule has 0 amide bonds. The van der Waals surface area contributed by atoms with E-state index >= 15 is 0 Å². The van der Waals surface area contributed by atoms with Gasteiger partial charge in [-0.15, -0.1) is 0 Å². The molecule has 1 atom stereocenters. The van der Waals surface area contributed by atoms with Gasteiger partial charge in [0, 0.05) is 6.42 Å². The molecule has 0 aliphatic heterocycles. The van der Waals surface area contributed by atoms with Gasteiger partial charge in [-0.1, -0.05) is 46.0 Å². The number of rotatable bonds is 7. The fourth-order valence-electron chi connectivity index (χ4n) is 2.48. The summed E-state index contributed by atoms with van der Waals surface area (Å²) >= 11 is 0. The summed E-state index contributed by atoms with van der Waals surface area (Å²) < 4.78 is 0. The van der Waals surface area contributed by atoms with Crippen LogP contribution in [0.1, 0.15) is 72.1 Å². The third kappa shape index (κ3) is 5.84. The molecule has 0 spiro atoms. The van der Waals surface area contributed by atoms with Gasteiger partial charge in [0.2, 0.25) is 0 Å². The van der Waals surface area contributed by atoms with Gasteiger partial charge < -0.3 is 5.11 Å². The first-order valence-electron chi connectivity index (χ1n) is 7.14. The molecule has 0 aromatic heterocycles. The third-order valence-electron chi connectivity index (χ3n) is 3.74. The summed E-state index contributed by atoms with van der Waals surface area (Å²) in [5.41, 5.74) is 0. The summed E-state index contributed by atoms with van der Waals surface area (Å²) in [4.78, 5) is 10.6. The molecular formula is C14H28O3. The van der Waals surface area contributed by atoms with E-state index in [1.165, 1.54) is 19.3 Å². The molecule has 0 aromatic carbocycles. The highest BCUT2D eigenvalue weighted by Crippen LogP contribution is 2.26. The summed E-state index contributed by atoms with van der Waals surface area (Å²) in [6.07, 6.45) is 8.79. The van der Waals surface area contributed by atoms with Gasteiger partial charge in [-0.05, 0) is 25.7 Å². The molecule has 1 rings (SSSR count). The van der Waals surface area contributed by atoms with Crippen molar-refractivity contribution in [3.63, 3.8) is 0 Å². The Hall–Kier alpha value is -0.120. The van der Waals surface area contributed by atoms with Gasteiger partial charge in [-0.2, -0.15) is 0 Å². The van der Waals surface area contributed by atoms with Crippen molar-refractivity contribution in [2.24, 2.45) is 5.92 Å². The van der Waals surface area contributed by atoms with Crippen LogP contribution in [-0.4, -0.2) is 17.0 Å². The number of aliphatic hydroxyl groups is 1. The Bertz CT molecular complexity index is 194. The lowest BCUT2D eigenvalue weighted by atomic mass is 9.95. The zero-order valence-electron chi connectivity index (χ0n) is 11.6. The lowest BCUT2D eigenvalue weighted by Crippen LogP contribution is -2.33. The standard InChI is InChI=1S/C14H28O3/c1-4-12(5-2)11-14(3,15)17-16-13-9-7-6-8-10-13/h12-13,15H,4-11H2,1-3H3. The molecule has 0 saturated heterocycles. The lowest BCUT2D eigenvalue weighted by molar-refractivity contribution is -0.436. The largest absolute Gasteiger partial charge is 0.363 e. The summed E-state index contributed by atoms with van der Waals surface area (Å²) in [6, 6.07) is 0. The van der Waals surface area contributed by atoms with Crippen LogP contribution in [-0.2, 0) is 9.78 Å². The molecule has 1 saturated carbocycles. The van der Waals surface area contributed by atoms with Crippen molar-refractivity contribution in [1.82, 2.24) is 0 Å². The Kier molecular flexibility index (Phi) is 6.45. The van der Waals surface area contributed by atoms with Gasteiger partial charge in [0.15, 0.2) is 5.79 Å². The Morgan fingerprint density at radius 3 is 2.29 bits per heavy atom. The SMILES string of the molecule is CCC(CC)CC(C)(O)OOC1CCCCC1. The first kappa shape index (κ1) is 14.9. The van der Waals surface area contributed by atoms with Crippen LogP contribution in [0.15, 0.2) is 0 Å². The van der Waals surface area contributed by atoms with Gasteiger partial charge in [0.25, 0.3) is 0 Å².